The number of nitrogens with zero attached hydrogens (tertiary/aromatic N) is 3. The molecule has 3 rings (SSSR count). The summed E-state index contributed by atoms with van der Waals surface area (Å²) in [5, 5.41) is 7.21. The lowest BCUT2D eigenvalue weighted by atomic mass is 10.2. The number of para-hydroxylation sites is 2. The number of benzene rings is 2. The van der Waals surface area contributed by atoms with Crippen LogP contribution in [0, 0.1) is 6.92 Å². The molecule has 0 atom stereocenters. The van der Waals surface area contributed by atoms with Crippen molar-refractivity contribution in [2.24, 2.45) is 4.99 Å². The van der Waals surface area contributed by atoms with Gasteiger partial charge in [0.25, 0.3) is 0 Å². The van der Waals surface area contributed by atoms with E-state index in [1.807, 2.05) is 44.2 Å². The van der Waals surface area contributed by atoms with Crippen LogP contribution in [-0.4, -0.2) is 42.8 Å². The number of halogens is 1. The van der Waals surface area contributed by atoms with Crippen LogP contribution in [0.15, 0.2) is 41.4 Å². The van der Waals surface area contributed by atoms with Gasteiger partial charge < -0.3 is 24.7 Å². The van der Waals surface area contributed by atoms with Gasteiger partial charge in [-0.2, -0.15) is 0 Å². The van der Waals surface area contributed by atoms with Crippen LogP contribution in [0.3, 0.4) is 0 Å². The van der Waals surface area contributed by atoms with E-state index in [9.17, 15) is 0 Å². The third kappa shape index (κ3) is 5.61. The molecule has 7 nitrogen and oxygen atoms in total. The summed E-state index contributed by atoms with van der Waals surface area (Å²) in [5.74, 6) is 2.96. The molecule has 3 aromatic rings. The first-order chi connectivity index (χ1) is 15.1. The summed E-state index contributed by atoms with van der Waals surface area (Å²) >= 11 is 6.36. The van der Waals surface area contributed by atoms with Crippen molar-refractivity contribution in [3.63, 3.8) is 0 Å². The van der Waals surface area contributed by atoms with Crippen LogP contribution in [0.1, 0.15) is 24.7 Å². The second-order valence-electron chi connectivity index (χ2n) is 7.05. The smallest absolute Gasteiger partial charge is 0.191 e. The maximum atomic E-state index is 6.36. The maximum absolute atomic E-state index is 6.36. The zero-order valence-electron chi connectivity index (χ0n) is 18.5. The lowest BCUT2D eigenvalue weighted by Gasteiger charge is -2.15. The first-order valence-electron chi connectivity index (χ1n) is 10.4. The van der Waals surface area contributed by atoms with Crippen LogP contribution in [0.25, 0.3) is 11.0 Å². The van der Waals surface area contributed by atoms with Gasteiger partial charge in [-0.25, -0.2) is 4.98 Å². The van der Waals surface area contributed by atoms with E-state index < -0.39 is 0 Å². The summed E-state index contributed by atoms with van der Waals surface area (Å²) in [6, 6.07) is 12.0. The molecule has 0 fully saturated rings. The van der Waals surface area contributed by atoms with E-state index in [0.29, 0.717) is 29.7 Å². The highest BCUT2D eigenvalue weighted by molar-refractivity contribution is 6.32. The molecule has 0 saturated carbocycles. The van der Waals surface area contributed by atoms with Crippen LogP contribution in [-0.2, 0) is 13.1 Å². The standard InChI is InChI=1S/C23H30ClN5O2/c1-5-31-22-18(24)13-17(14-21(22)30-4)15-27-23(25-3)26-11-8-12-29-16(2)28-19-9-6-7-10-20(19)29/h6-7,9-10,13-14H,5,8,11-12,15H2,1-4H3,(H2,25,26,27). The molecular weight excluding hydrogens is 414 g/mol. The van der Waals surface area contributed by atoms with Gasteiger partial charge in [0.1, 0.15) is 5.82 Å². The van der Waals surface area contributed by atoms with Gasteiger partial charge in [0, 0.05) is 26.7 Å². The van der Waals surface area contributed by atoms with Crippen LogP contribution < -0.4 is 20.1 Å². The van der Waals surface area contributed by atoms with Gasteiger partial charge in [-0.05, 0) is 50.1 Å². The SMILES string of the molecule is CCOc1c(Cl)cc(CNC(=NC)NCCCn2c(C)nc3ccccc32)cc1OC. The van der Waals surface area contributed by atoms with E-state index >= 15 is 0 Å². The number of aryl methyl sites for hydroxylation is 2. The maximum Gasteiger partial charge on any atom is 0.191 e. The van der Waals surface area contributed by atoms with Crippen molar-refractivity contribution in [2.45, 2.75) is 33.4 Å². The quantitative estimate of drug-likeness (QED) is 0.295. The van der Waals surface area contributed by atoms with Crippen LogP contribution in [0.5, 0.6) is 11.5 Å². The van der Waals surface area contributed by atoms with E-state index in [0.717, 1.165) is 42.4 Å². The fourth-order valence-corrected chi connectivity index (χ4v) is 3.78. The molecule has 0 amide bonds. The molecule has 0 unspecified atom stereocenters. The number of methoxy groups -OCH3 is 1. The van der Waals surface area contributed by atoms with Crippen molar-refractivity contribution in [2.75, 3.05) is 27.3 Å². The number of aromatic nitrogens is 2. The Hall–Kier alpha value is -2.93. The van der Waals surface area contributed by atoms with Gasteiger partial charge in [-0.3, -0.25) is 4.99 Å². The Kier molecular flexibility index (Phi) is 8.00. The normalized spacial score (nSPS) is 11.6. The van der Waals surface area contributed by atoms with Gasteiger partial charge in [-0.1, -0.05) is 23.7 Å². The van der Waals surface area contributed by atoms with Crippen molar-refractivity contribution < 1.29 is 9.47 Å². The molecule has 0 bridgehead atoms. The molecule has 0 aliphatic carbocycles. The monoisotopic (exact) mass is 443 g/mol. The number of nitrogens with one attached hydrogen (secondary N) is 2. The van der Waals surface area contributed by atoms with Crippen LogP contribution >= 0.6 is 11.6 Å². The lowest BCUT2D eigenvalue weighted by molar-refractivity contribution is 0.311. The Labute approximate surface area is 188 Å². The Morgan fingerprint density at radius 1 is 1.23 bits per heavy atom. The number of aliphatic imine (C=N–C) groups is 1. The second-order valence-corrected chi connectivity index (χ2v) is 7.45. The summed E-state index contributed by atoms with van der Waals surface area (Å²) in [5.41, 5.74) is 3.19. The molecule has 31 heavy (non-hydrogen) atoms. The lowest BCUT2D eigenvalue weighted by Crippen LogP contribution is -2.37. The van der Waals surface area contributed by atoms with Crippen LogP contribution in [0.4, 0.5) is 0 Å². The molecule has 8 heteroatoms. The summed E-state index contributed by atoms with van der Waals surface area (Å²) in [6.07, 6.45) is 0.949. The Balaban J connectivity index is 1.52. The molecule has 0 saturated heterocycles. The van der Waals surface area contributed by atoms with Crippen molar-refractivity contribution in [1.82, 2.24) is 20.2 Å². The molecule has 1 aromatic heterocycles. The fourth-order valence-electron chi connectivity index (χ4n) is 3.49. The molecule has 0 radical (unpaired) electrons. The van der Waals surface area contributed by atoms with E-state index in [1.165, 1.54) is 5.52 Å². The Morgan fingerprint density at radius 2 is 2.03 bits per heavy atom. The van der Waals surface area contributed by atoms with Crippen molar-refractivity contribution in [1.29, 1.82) is 0 Å². The minimum atomic E-state index is 0.526. The molecule has 0 spiro atoms. The molecular formula is C23H30ClN5O2. The first-order valence-corrected chi connectivity index (χ1v) is 10.8. The van der Waals surface area contributed by atoms with Gasteiger partial charge in [0.05, 0.1) is 29.8 Å². The number of guanidine groups is 1. The second kappa shape index (κ2) is 10.9. The predicted molar refractivity (Wildman–Crippen MR) is 126 cm³/mol. The van der Waals surface area contributed by atoms with E-state index in [2.05, 4.69) is 31.2 Å². The number of hydrogen-bond donors (Lipinski definition) is 2. The van der Waals surface area contributed by atoms with Gasteiger partial charge >= 0.3 is 0 Å². The summed E-state index contributed by atoms with van der Waals surface area (Å²) in [4.78, 5) is 8.93. The highest BCUT2D eigenvalue weighted by Crippen LogP contribution is 2.36. The summed E-state index contributed by atoms with van der Waals surface area (Å²) in [6.45, 7) is 6.73. The van der Waals surface area contributed by atoms with Crippen molar-refractivity contribution >= 4 is 28.6 Å². The number of imidazole rings is 1. The van der Waals surface area contributed by atoms with E-state index in [4.69, 9.17) is 21.1 Å². The fraction of sp³-hybridized carbons (Fsp3) is 0.391. The highest BCUT2D eigenvalue weighted by atomic mass is 35.5. The average molecular weight is 444 g/mol. The molecule has 2 aromatic carbocycles. The zero-order valence-corrected chi connectivity index (χ0v) is 19.3. The van der Waals surface area contributed by atoms with E-state index in [1.54, 1.807) is 14.2 Å². The Morgan fingerprint density at radius 3 is 2.77 bits per heavy atom. The number of rotatable bonds is 9. The van der Waals surface area contributed by atoms with Gasteiger partial charge in [0.15, 0.2) is 17.5 Å². The first kappa shape index (κ1) is 22.7. The topological polar surface area (TPSA) is 72.7 Å². The minimum absolute atomic E-state index is 0.526. The Bertz CT molecular complexity index is 1050. The number of ether oxygens (including phenoxy) is 2. The predicted octanol–water partition coefficient (Wildman–Crippen LogP) is 4.16. The van der Waals surface area contributed by atoms with Crippen molar-refractivity contribution in [3.05, 3.63) is 52.8 Å². The largest absolute Gasteiger partial charge is 0.493 e. The van der Waals surface area contributed by atoms with E-state index in [-0.39, 0.29) is 0 Å². The minimum Gasteiger partial charge on any atom is -0.493 e. The van der Waals surface area contributed by atoms with Crippen molar-refractivity contribution in [3.8, 4) is 11.5 Å². The van der Waals surface area contributed by atoms with Gasteiger partial charge in [0.2, 0.25) is 0 Å². The average Bonchev–Trinajstić information content (AvgIpc) is 3.09. The molecule has 166 valence electrons. The molecule has 0 aliphatic rings. The third-order valence-electron chi connectivity index (χ3n) is 4.96. The molecule has 1 heterocycles. The molecule has 0 aliphatic heterocycles. The summed E-state index contributed by atoms with van der Waals surface area (Å²) in [7, 11) is 3.37. The van der Waals surface area contributed by atoms with Crippen LogP contribution in [0.2, 0.25) is 5.02 Å². The highest BCUT2D eigenvalue weighted by Gasteiger charge is 2.12. The third-order valence-corrected chi connectivity index (χ3v) is 5.24. The van der Waals surface area contributed by atoms with Gasteiger partial charge in [-0.15, -0.1) is 0 Å². The summed E-state index contributed by atoms with van der Waals surface area (Å²) < 4.78 is 13.2. The zero-order chi connectivity index (χ0) is 22.2. The molecule has 2 N–H and O–H groups in total. The number of fused-ring (bicyclic) bond motifs is 1. The number of hydrogen-bond acceptors (Lipinski definition) is 4.